The van der Waals surface area contributed by atoms with Crippen LogP contribution in [0.4, 0.5) is 5.69 Å². The molecule has 1 rings (SSSR count). The Hall–Kier alpha value is -1.51. The molecule has 88 valence electrons. The maximum atomic E-state index is 11.7. The summed E-state index contributed by atoms with van der Waals surface area (Å²) in [4.78, 5) is 11.7. The number of nitrogen functional groups attached to an aromatic ring is 1. The van der Waals surface area contributed by atoms with Crippen LogP contribution in [0.15, 0.2) is 24.3 Å². The fourth-order valence-electron chi connectivity index (χ4n) is 1.36. The first-order chi connectivity index (χ1) is 7.49. The van der Waals surface area contributed by atoms with Gasteiger partial charge in [-0.25, -0.2) is 0 Å². The Morgan fingerprint density at radius 3 is 2.62 bits per heavy atom. The number of carbonyl (C=O) groups is 1. The molecule has 1 atom stereocenters. The number of anilines is 1. The third-order valence-corrected chi connectivity index (χ3v) is 2.70. The fraction of sp³-hybridized carbons (Fsp3) is 0.462. The van der Waals surface area contributed by atoms with E-state index in [2.05, 4.69) is 19.2 Å². The molecular weight excluding hydrogens is 200 g/mol. The number of amides is 1. The SMILES string of the molecule is CC(C)C(C)NC(=O)Cc1cccc(N)c1. The van der Waals surface area contributed by atoms with Crippen molar-refractivity contribution in [3.63, 3.8) is 0 Å². The third-order valence-electron chi connectivity index (χ3n) is 2.70. The van der Waals surface area contributed by atoms with Gasteiger partial charge >= 0.3 is 0 Å². The molecule has 0 spiro atoms. The first-order valence-corrected chi connectivity index (χ1v) is 5.63. The molecule has 3 heteroatoms. The number of rotatable bonds is 4. The van der Waals surface area contributed by atoms with E-state index in [0.717, 1.165) is 5.56 Å². The molecule has 0 aliphatic heterocycles. The molecule has 16 heavy (non-hydrogen) atoms. The highest BCUT2D eigenvalue weighted by Gasteiger charge is 2.10. The van der Waals surface area contributed by atoms with Crippen molar-refractivity contribution in [1.29, 1.82) is 0 Å². The molecular formula is C13H20N2O. The van der Waals surface area contributed by atoms with Crippen LogP contribution in [0.5, 0.6) is 0 Å². The van der Waals surface area contributed by atoms with Crippen LogP contribution in [-0.2, 0) is 11.2 Å². The lowest BCUT2D eigenvalue weighted by atomic mass is 10.1. The average molecular weight is 220 g/mol. The number of nitrogens with one attached hydrogen (secondary N) is 1. The van der Waals surface area contributed by atoms with Gasteiger partial charge in [0.05, 0.1) is 6.42 Å². The summed E-state index contributed by atoms with van der Waals surface area (Å²) in [6.45, 7) is 6.19. The second-order valence-corrected chi connectivity index (χ2v) is 4.52. The maximum Gasteiger partial charge on any atom is 0.224 e. The standard InChI is InChI=1S/C13H20N2O/c1-9(2)10(3)15-13(16)8-11-5-4-6-12(14)7-11/h4-7,9-10H,8,14H2,1-3H3,(H,15,16). The molecule has 0 aliphatic carbocycles. The predicted octanol–water partition coefficient (Wildman–Crippen LogP) is 1.97. The molecule has 0 bridgehead atoms. The number of hydrogen-bond donors (Lipinski definition) is 2. The lowest BCUT2D eigenvalue weighted by Crippen LogP contribution is -2.37. The number of nitrogens with two attached hydrogens (primary N) is 1. The van der Waals surface area contributed by atoms with Gasteiger partial charge in [-0.15, -0.1) is 0 Å². The average Bonchev–Trinajstić information content (AvgIpc) is 2.16. The predicted molar refractivity (Wildman–Crippen MR) is 67.0 cm³/mol. The molecule has 3 nitrogen and oxygen atoms in total. The summed E-state index contributed by atoms with van der Waals surface area (Å²) in [5.74, 6) is 0.497. The van der Waals surface area contributed by atoms with Gasteiger partial charge in [0.1, 0.15) is 0 Å². The zero-order valence-electron chi connectivity index (χ0n) is 10.2. The first-order valence-electron chi connectivity index (χ1n) is 5.63. The van der Waals surface area contributed by atoms with E-state index in [1.165, 1.54) is 0 Å². The minimum absolute atomic E-state index is 0.0480. The smallest absolute Gasteiger partial charge is 0.224 e. The van der Waals surface area contributed by atoms with Crippen LogP contribution in [0.2, 0.25) is 0 Å². The van der Waals surface area contributed by atoms with Crippen molar-refractivity contribution in [2.24, 2.45) is 5.92 Å². The van der Waals surface area contributed by atoms with Crippen molar-refractivity contribution in [2.45, 2.75) is 33.2 Å². The number of hydrogen-bond acceptors (Lipinski definition) is 2. The molecule has 0 aliphatic rings. The molecule has 0 aromatic heterocycles. The molecule has 1 aromatic carbocycles. The Morgan fingerprint density at radius 1 is 1.38 bits per heavy atom. The van der Waals surface area contributed by atoms with Crippen LogP contribution < -0.4 is 11.1 Å². The molecule has 3 N–H and O–H groups in total. The Kier molecular flexibility index (Phi) is 4.35. The molecule has 1 amide bonds. The molecule has 0 fully saturated rings. The van der Waals surface area contributed by atoms with Crippen molar-refractivity contribution >= 4 is 11.6 Å². The molecule has 0 radical (unpaired) electrons. The number of carbonyl (C=O) groups excluding carboxylic acids is 1. The zero-order chi connectivity index (χ0) is 12.1. The van der Waals surface area contributed by atoms with E-state index in [4.69, 9.17) is 5.73 Å². The maximum absolute atomic E-state index is 11.7. The molecule has 0 heterocycles. The normalized spacial score (nSPS) is 12.5. The molecule has 0 saturated heterocycles. The highest BCUT2D eigenvalue weighted by molar-refractivity contribution is 5.79. The molecule has 0 saturated carbocycles. The zero-order valence-corrected chi connectivity index (χ0v) is 10.2. The van der Waals surface area contributed by atoms with Gasteiger partial charge in [0.15, 0.2) is 0 Å². The van der Waals surface area contributed by atoms with Gasteiger partial charge in [-0.2, -0.15) is 0 Å². The molecule has 1 aromatic rings. The van der Waals surface area contributed by atoms with Crippen molar-refractivity contribution in [1.82, 2.24) is 5.32 Å². The van der Waals surface area contributed by atoms with Crippen molar-refractivity contribution in [3.05, 3.63) is 29.8 Å². The summed E-state index contributed by atoms with van der Waals surface area (Å²) < 4.78 is 0. The van der Waals surface area contributed by atoms with E-state index >= 15 is 0 Å². The van der Waals surface area contributed by atoms with Crippen LogP contribution in [0.3, 0.4) is 0 Å². The largest absolute Gasteiger partial charge is 0.399 e. The van der Waals surface area contributed by atoms with Crippen molar-refractivity contribution < 1.29 is 4.79 Å². The highest BCUT2D eigenvalue weighted by Crippen LogP contribution is 2.07. The van der Waals surface area contributed by atoms with E-state index in [1.807, 2.05) is 31.2 Å². The second kappa shape index (κ2) is 5.54. The van der Waals surface area contributed by atoms with Gasteiger partial charge in [0, 0.05) is 11.7 Å². The van der Waals surface area contributed by atoms with E-state index in [-0.39, 0.29) is 11.9 Å². The Labute approximate surface area is 97.0 Å². The Morgan fingerprint density at radius 2 is 2.06 bits per heavy atom. The monoisotopic (exact) mass is 220 g/mol. The topological polar surface area (TPSA) is 55.1 Å². The van der Waals surface area contributed by atoms with E-state index in [0.29, 0.717) is 18.0 Å². The van der Waals surface area contributed by atoms with Crippen molar-refractivity contribution in [2.75, 3.05) is 5.73 Å². The summed E-state index contributed by atoms with van der Waals surface area (Å²) in [6.07, 6.45) is 0.391. The van der Waals surface area contributed by atoms with Gasteiger partial charge in [0.2, 0.25) is 5.91 Å². The molecule has 1 unspecified atom stereocenters. The van der Waals surface area contributed by atoms with Crippen LogP contribution >= 0.6 is 0 Å². The van der Waals surface area contributed by atoms with Crippen LogP contribution in [0, 0.1) is 5.92 Å². The first kappa shape index (κ1) is 12.6. The van der Waals surface area contributed by atoms with E-state index in [9.17, 15) is 4.79 Å². The minimum Gasteiger partial charge on any atom is -0.399 e. The lowest BCUT2D eigenvalue weighted by Gasteiger charge is -2.17. The van der Waals surface area contributed by atoms with E-state index in [1.54, 1.807) is 0 Å². The summed E-state index contributed by atoms with van der Waals surface area (Å²) >= 11 is 0. The summed E-state index contributed by atoms with van der Waals surface area (Å²) in [7, 11) is 0. The van der Waals surface area contributed by atoms with Gasteiger partial charge < -0.3 is 11.1 Å². The summed E-state index contributed by atoms with van der Waals surface area (Å²) in [5.41, 5.74) is 7.30. The van der Waals surface area contributed by atoms with Gasteiger partial charge in [-0.3, -0.25) is 4.79 Å². The van der Waals surface area contributed by atoms with Crippen LogP contribution in [-0.4, -0.2) is 11.9 Å². The lowest BCUT2D eigenvalue weighted by molar-refractivity contribution is -0.121. The van der Waals surface area contributed by atoms with Gasteiger partial charge in [0.25, 0.3) is 0 Å². The third kappa shape index (κ3) is 3.93. The minimum atomic E-state index is 0.0480. The summed E-state index contributed by atoms with van der Waals surface area (Å²) in [5, 5.41) is 2.97. The van der Waals surface area contributed by atoms with Crippen LogP contribution in [0.25, 0.3) is 0 Å². The Balaban J connectivity index is 2.52. The highest BCUT2D eigenvalue weighted by atomic mass is 16.1. The Bertz CT molecular complexity index is 361. The van der Waals surface area contributed by atoms with Crippen molar-refractivity contribution in [3.8, 4) is 0 Å². The second-order valence-electron chi connectivity index (χ2n) is 4.52. The van der Waals surface area contributed by atoms with Gasteiger partial charge in [-0.05, 0) is 30.5 Å². The van der Waals surface area contributed by atoms with Crippen LogP contribution in [0.1, 0.15) is 26.3 Å². The quantitative estimate of drug-likeness (QED) is 0.762. The number of benzene rings is 1. The summed E-state index contributed by atoms with van der Waals surface area (Å²) in [6, 6.07) is 7.63. The fourth-order valence-corrected chi connectivity index (χ4v) is 1.36. The van der Waals surface area contributed by atoms with Gasteiger partial charge in [-0.1, -0.05) is 26.0 Å². The van der Waals surface area contributed by atoms with E-state index < -0.39 is 0 Å².